The molecule has 0 atom stereocenters. The van der Waals surface area contributed by atoms with Crippen molar-refractivity contribution in [2.75, 3.05) is 26.2 Å². The second-order valence-electron chi connectivity index (χ2n) is 14.5. The van der Waals surface area contributed by atoms with E-state index in [1.165, 1.54) is 9.13 Å². The minimum Gasteiger partial charge on any atom is -0.445 e. The molecule has 0 bridgehead atoms. The smallest absolute Gasteiger partial charge is 0.412 e. The predicted molar refractivity (Wildman–Crippen MR) is 211 cm³/mol. The quantitative estimate of drug-likeness (QED) is 0.160. The molecule has 2 aliphatic rings. The molecule has 3 heterocycles. The summed E-state index contributed by atoms with van der Waals surface area (Å²) in [5.74, 6) is -0.401. The molecule has 2 fully saturated rings. The lowest BCUT2D eigenvalue weighted by atomic mass is 9.91. The van der Waals surface area contributed by atoms with E-state index in [2.05, 4.69) is 33.9 Å². The van der Waals surface area contributed by atoms with Gasteiger partial charge in [-0.05, 0) is 79.5 Å². The maximum absolute atomic E-state index is 14.5. The Labute approximate surface area is 323 Å². The highest BCUT2D eigenvalue weighted by atomic mass is 19.1. The summed E-state index contributed by atoms with van der Waals surface area (Å²) in [5, 5.41) is 2.82. The van der Waals surface area contributed by atoms with Gasteiger partial charge in [0.25, 0.3) is 5.56 Å². The number of carbonyl (C=O) groups excluding carboxylic acids is 2. The minimum atomic E-state index is -0.678. The maximum atomic E-state index is 14.5. The van der Waals surface area contributed by atoms with E-state index in [0.717, 1.165) is 60.6 Å². The van der Waals surface area contributed by atoms with E-state index in [-0.39, 0.29) is 35.5 Å². The number of benzene rings is 3. The van der Waals surface area contributed by atoms with Crippen LogP contribution in [0.15, 0.2) is 113 Å². The number of hydrogen-bond donors (Lipinski definition) is 1. The third kappa shape index (κ3) is 8.89. The van der Waals surface area contributed by atoms with Crippen LogP contribution in [0.3, 0.4) is 0 Å². The molecule has 7 rings (SSSR count). The van der Waals surface area contributed by atoms with Crippen molar-refractivity contribution >= 4 is 23.2 Å². The van der Waals surface area contributed by atoms with Crippen LogP contribution in [0.5, 0.6) is 0 Å². The standard InChI is InChI=1S/C43H45FN6O6/c1-29(2)56-41(52)46-35-16-18-36(19-17-35)50-40(51)38-25-34(44)26-45-39(38)49(42(50)53)37-11-6-10-33(24-37)32-14-12-30(13-15-32)27-47-20-7-21-48(23-22-47)43(54)55-28-31-8-4-3-5-9-31/h3-6,8-15,24-26,35-36H,1,7,16-23,27-28H2,2H3,(H,46,52)/t35-,36+. The van der Waals surface area contributed by atoms with Gasteiger partial charge in [-0.15, -0.1) is 0 Å². The Balaban J connectivity index is 1.06. The van der Waals surface area contributed by atoms with Crippen molar-refractivity contribution in [2.45, 2.75) is 64.3 Å². The number of rotatable bonds is 9. The molecule has 1 aliphatic heterocycles. The number of nitrogens with one attached hydrogen (secondary N) is 1. The zero-order chi connectivity index (χ0) is 39.2. The lowest BCUT2D eigenvalue weighted by Gasteiger charge is -2.30. The van der Waals surface area contributed by atoms with E-state index in [1.807, 2.05) is 60.7 Å². The van der Waals surface area contributed by atoms with Crippen molar-refractivity contribution in [3.05, 3.63) is 141 Å². The van der Waals surface area contributed by atoms with E-state index in [4.69, 9.17) is 9.47 Å². The Hall–Kier alpha value is -6.08. The van der Waals surface area contributed by atoms with Gasteiger partial charge in [0.15, 0.2) is 5.65 Å². The molecule has 0 radical (unpaired) electrons. The van der Waals surface area contributed by atoms with Gasteiger partial charge in [0.1, 0.15) is 12.4 Å². The largest absolute Gasteiger partial charge is 0.445 e. The van der Waals surface area contributed by atoms with Gasteiger partial charge in [0.2, 0.25) is 0 Å². The van der Waals surface area contributed by atoms with Crippen LogP contribution in [0.2, 0.25) is 0 Å². The zero-order valence-corrected chi connectivity index (χ0v) is 31.4. The van der Waals surface area contributed by atoms with Crippen LogP contribution < -0.4 is 16.6 Å². The second kappa shape index (κ2) is 17.2. The van der Waals surface area contributed by atoms with Crippen LogP contribution in [-0.2, 0) is 22.6 Å². The van der Waals surface area contributed by atoms with Crippen LogP contribution in [0.4, 0.5) is 14.0 Å². The summed E-state index contributed by atoms with van der Waals surface area (Å²) in [7, 11) is 0. The van der Waals surface area contributed by atoms with Crippen molar-refractivity contribution in [3.8, 4) is 16.8 Å². The molecule has 1 N–H and O–H groups in total. The molecule has 0 spiro atoms. The molecule has 1 saturated heterocycles. The molecule has 1 saturated carbocycles. The summed E-state index contributed by atoms with van der Waals surface area (Å²) in [6.07, 6.45) is 2.91. The predicted octanol–water partition coefficient (Wildman–Crippen LogP) is 6.94. The number of halogens is 1. The van der Waals surface area contributed by atoms with Crippen molar-refractivity contribution in [1.82, 2.24) is 29.2 Å². The fraction of sp³-hybridized carbons (Fsp3) is 0.326. The van der Waals surface area contributed by atoms with Gasteiger partial charge in [-0.3, -0.25) is 14.3 Å². The molecule has 2 amide bonds. The fourth-order valence-corrected chi connectivity index (χ4v) is 7.58. The van der Waals surface area contributed by atoms with Gasteiger partial charge >= 0.3 is 17.9 Å². The Morgan fingerprint density at radius 2 is 1.64 bits per heavy atom. The fourth-order valence-electron chi connectivity index (χ4n) is 7.58. The third-order valence-electron chi connectivity index (χ3n) is 10.4. The molecular weight excluding hydrogens is 716 g/mol. The maximum Gasteiger partial charge on any atom is 0.412 e. The van der Waals surface area contributed by atoms with Crippen molar-refractivity contribution < 1.29 is 23.5 Å². The molecule has 1 aliphatic carbocycles. The first-order chi connectivity index (χ1) is 27.1. The van der Waals surface area contributed by atoms with Crippen molar-refractivity contribution in [1.29, 1.82) is 0 Å². The van der Waals surface area contributed by atoms with Crippen LogP contribution >= 0.6 is 0 Å². The van der Waals surface area contributed by atoms with Gasteiger partial charge in [-0.2, -0.15) is 0 Å². The topological polar surface area (TPSA) is 128 Å². The molecule has 5 aromatic rings. The molecular formula is C43H45FN6O6. The van der Waals surface area contributed by atoms with E-state index in [0.29, 0.717) is 44.5 Å². The minimum absolute atomic E-state index is 0.00495. The lowest BCUT2D eigenvalue weighted by molar-refractivity contribution is 0.0972. The van der Waals surface area contributed by atoms with Gasteiger partial charge in [-0.25, -0.2) is 28.3 Å². The Kier molecular flexibility index (Phi) is 11.7. The highest BCUT2D eigenvalue weighted by Gasteiger charge is 2.28. The van der Waals surface area contributed by atoms with E-state index < -0.39 is 29.2 Å². The van der Waals surface area contributed by atoms with E-state index >= 15 is 0 Å². The van der Waals surface area contributed by atoms with Crippen molar-refractivity contribution in [2.24, 2.45) is 0 Å². The Bertz CT molecular complexity index is 2340. The van der Waals surface area contributed by atoms with Crippen LogP contribution in [0.1, 0.15) is 56.2 Å². The highest BCUT2D eigenvalue weighted by Crippen LogP contribution is 2.29. The monoisotopic (exact) mass is 760 g/mol. The van der Waals surface area contributed by atoms with E-state index in [9.17, 15) is 23.6 Å². The first-order valence-corrected chi connectivity index (χ1v) is 19.0. The van der Waals surface area contributed by atoms with Crippen LogP contribution in [0, 0.1) is 5.82 Å². The summed E-state index contributed by atoms with van der Waals surface area (Å²) in [6.45, 7) is 8.98. The SMILES string of the molecule is C=C(C)OC(=O)N[C@H]1CC[C@@H](n2c(=O)c3cc(F)cnc3n(-c3cccc(-c4ccc(CN5CCCN(C(=O)OCc6ccccc6)CC5)cc4)c3)c2=O)CC1. The van der Waals surface area contributed by atoms with Crippen LogP contribution in [-0.4, -0.2) is 68.3 Å². The Morgan fingerprint density at radius 3 is 2.39 bits per heavy atom. The molecule has 12 nitrogen and oxygen atoms in total. The van der Waals surface area contributed by atoms with Gasteiger partial charge in [-0.1, -0.05) is 73.3 Å². The summed E-state index contributed by atoms with van der Waals surface area (Å²) in [4.78, 5) is 61.3. The second-order valence-corrected chi connectivity index (χ2v) is 14.5. The van der Waals surface area contributed by atoms with Crippen molar-refractivity contribution in [3.63, 3.8) is 0 Å². The van der Waals surface area contributed by atoms with Gasteiger partial charge in [0.05, 0.1) is 23.0 Å². The average molecular weight is 761 g/mol. The number of nitrogens with zero attached hydrogens (tertiary/aromatic N) is 5. The van der Waals surface area contributed by atoms with E-state index in [1.54, 1.807) is 17.9 Å². The molecule has 2 aromatic heterocycles. The molecule has 0 unspecified atom stereocenters. The van der Waals surface area contributed by atoms with Gasteiger partial charge in [0, 0.05) is 44.8 Å². The summed E-state index contributed by atoms with van der Waals surface area (Å²) in [6, 6.07) is 25.8. The molecule has 13 heteroatoms. The van der Waals surface area contributed by atoms with Gasteiger partial charge < -0.3 is 19.7 Å². The molecule has 56 heavy (non-hydrogen) atoms. The number of fused-ring (bicyclic) bond motifs is 1. The highest BCUT2D eigenvalue weighted by molar-refractivity contribution is 5.76. The van der Waals surface area contributed by atoms with Crippen LogP contribution in [0.25, 0.3) is 27.8 Å². The first kappa shape index (κ1) is 38.2. The number of amides is 2. The number of carbonyl (C=O) groups is 2. The number of alkyl carbamates (subject to hydrolysis) is 1. The Morgan fingerprint density at radius 1 is 0.875 bits per heavy atom. The zero-order valence-electron chi connectivity index (χ0n) is 31.4. The third-order valence-corrected chi connectivity index (χ3v) is 10.4. The first-order valence-electron chi connectivity index (χ1n) is 19.0. The molecule has 290 valence electrons. The lowest BCUT2D eigenvalue weighted by Crippen LogP contribution is -2.45. The summed E-state index contributed by atoms with van der Waals surface area (Å²) >= 11 is 0. The number of allylic oxidation sites excluding steroid dienone is 1. The molecule has 3 aromatic carbocycles. The summed E-state index contributed by atoms with van der Waals surface area (Å²) < 4.78 is 27.7. The number of pyridine rings is 1. The number of ether oxygens (including phenoxy) is 2. The number of hydrogen-bond acceptors (Lipinski definition) is 8. The number of aromatic nitrogens is 3. The normalized spacial score (nSPS) is 17.6. The summed E-state index contributed by atoms with van der Waals surface area (Å²) in [5.41, 5.74) is 3.27. The average Bonchev–Trinajstić information content (AvgIpc) is 3.44.